The molecule has 1 aromatic carbocycles. The van der Waals surface area contributed by atoms with E-state index in [-0.39, 0.29) is 6.42 Å². The standard InChI is InChI=1S/C9H7NO3/c11-7-5-6-3-1-2-4-8(6)13-10-9(7)12/h1-4H,5H2,(H,10,12). The van der Waals surface area contributed by atoms with Crippen LogP contribution in [-0.2, 0) is 16.0 Å². The monoisotopic (exact) mass is 177 g/mol. The second-order valence-corrected chi connectivity index (χ2v) is 2.74. The number of hydroxylamine groups is 1. The number of rotatable bonds is 0. The van der Waals surface area contributed by atoms with Gasteiger partial charge in [0.1, 0.15) is 0 Å². The largest absolute Gasteiger partial charge is 0.379 e. The Bertz CT molecular complexity index is 373. The van der Waals surface area contributed by atoms with E-state index < -0.39 is 11.7 Å². The first kappa shape index (κ1) is 7.79. The number of benzene rings is 1. The van der Waals surface area contributed by atoms with Crippen LogP contribution >= 0.6 is 0 Å². The van der Waals surface area contributed by atoms with Crippen LogP contribution in [0.4, 0.5) is 0 Å². The Hall–Kier alpha value is -1.84. The summed E-state index contributed by atoms with van der Waals surface area (Å²) in [6, 6.07) is 7.04. The van der Waals surface area contributed by atoms with Gasteiger partial charge in [0.15, 0.2) is 5.75 Å². The predicted octanol–water partition coefficient (Wildman–Crippen LogP) is 0.222. The fraction of sp³-hybridized carbons (Fsp3) is 0.111. The van der Waals surface area contributed by atoms with Crippen LogP contribution in [0.1, 0.15) is 5.56 Å². The van der Waals surface area contributed by atoms with Gasteiger partial charge in [0.05, 0.1) is 0 Å². The molecule has 66 valence electrons. The molecule has 0 unspecified atom stereocenters. The molecule has 1 N–H and O–H groups in total. The molecule has 0 fully saturated rings. The third-order valence-corrected chi connectivity index (χ3v) is 1.83. The first-order chi connectivity index (χ1) is 6.27. The van der Waals surface area contributed by atoms with Crippen molar-refractivity contribution < 1.29 is 14.4 Å². The third-order valence-electron chi connectivity index (χ3n) is 1.83. The number of ketones is 1. The topological polar surface area (TPSA) is 55.4 Å². The molecule has 1 aliphatic rings. The van der Waals surface area contributed by atoms with E-state index in [9.17, 15) is 9.59 Å². The van der Waals surface area contributed by atoms with Crippen molar-refractivity contribution in [2.24, 2.45) is 0 Å². The fourth-order valence-electron chi connectivity index (χ4n) is 1.16. The van der Waals surface area contributed by atoms with E-state index in [4.69, 9.17) is 4.84 Å². The first-order valence-corrected chi connectivity index (χ1v) is 3.85. The van der Waals surface area contributed by atoms with Crippen LogP contribution in [0.3, 0.4) is 0 Å². The van der Waals surface area contributed by atoms with Gasteiger partial charge in [-0.2, -0.15) is 5.48 Å². The van der Waals surface area contributed by atoms with Gasteiger partial charge in [-0.3, -0.25) is 9.59 Å². The highest BCUT2D eigenvalue weighted by atomic mass is 16.7. The molecular formula is C9H7NO3. The maximum atomic E-state index is 11.1. The van der Waals surface area contributed by atoms with Gasteiger partial charge in [-0.05, 0) is 6.07 Å². The molecule has 4 nitrogen and oxygen atoms in total. The summed E-state index contributed by atoms with van der Waals surface area (Å²) in [5, 5.41) is 0. The minimum absolute atomic E-state index is 0.0992. The van der Waals surface area contributed by atoms with E-state index in [0.717, 1.165) is 5.56 Å². The van der Waals surface area contributed by atoms with Crippen LogP contribution in [0, 0.1) is 0 Å². The molecule has 0 radical (unpaired) electrons. The summed E-state index contributed by atoms with van der Waals surface area (Å²) in [7, 11) is 0. The van der Waals surface area contributed by atoms with Crippen molar-refractivity contribution in [1.82, 2.24) is 5.48 Å². The molecule has 1 amide bonds. The van der Waals surface area contributed by atoms with Crippen molar-refractivity contribution in [1.29, 1.82) is 0 Å². The van der Waals surface area contributed by atoms with E-state index in [1.807, 2.05) is 0 Å². The SMILES string of the molecule is O=C1Cc2ccccc2ONC1=O. The molecule has 0 spiro atoms. The number of amides is 1. The second kappa shape index (κ2) is 2.90. The van der Waals surface area contributed by atoms with Crippen molar-refractivity contribution in [3.63, 3.8) is 0 Å². The number of carbonyl (C=O) groups is 2. The Balaban J connectivity index is 2.40. The molecule has 4 heteroatoms. The van der Waals surface area contributed by atoms with Gasteiger partial charge in [-0.25, -0.2) is 0 Å². The first-order valence-electron chi connectivity index (χ1n) is 3.85. The molecule has 0 aliphatic carbocycles. The number of para-hydroxylation sites is 1. The lowest BCUT2D eigenvalue weighted by molar-refractivity contribution is -0.141. The molecule has 0 saturated heterocycles. The van der Waals surface area contributed by atoms with Gasteiger partial charge in [-0.15, -0.1) is 0 Å². The van der Waals surface area contributed by atoms with E-state index >= 15 is 0 Å². The summed E-state index contributed by atoms with van der Waals surface area (Å²) in [5.41, 5.74) is 2.79. The Morgan fingerprint density at radius 1 is 1.23 bits per heavy atom. The van der Waals surface area contributed by atoms with Gasteiger partial charge in [-0.1, -0.05) is 18.2 Å². The Kier molecular flexibility index (Phi) is 1.73. The summed E-state index contributed by atoms with van der Waals surface area (Å²) in [4.78, 5) is 26.9. The molecule has 0 aromatic heterocycles. The van der Waals surface area contributed by atoms with E-state index in [1.54, 1.807) is 24.3 Å². The smallest absolute Gasteiger partial charge is 0.320 e. The van der Waals surface area contributed by atoms with Crippen LogP contribution < -0.4 is 10.3 Å². The highest BCUT2D eigenvalue weighted by Gasteiger charge is 2.21. The summed E-state index contributed by atoms with van der Waals surface area (Å²) < 4.78 is 0. The van der Waals surface area contributed by atoms with Gasteiger partial charge >= 0.3 is 5.91 Å². The lowest BCUT2D eigenvalue weighted by atomic mass is 10.1. The molecule has 1 heterocycles. The number of Topliss-reactive ketones (excluding diaryl/α,β-unsaturated/α-hetero) is 1. The average Bonchev–Trinajstić information content (AvgIpc) is 2.28. The lowest BCUT2D eigenvalue weighted by Gasteiger charge is -2.03. The maximum absolute atomic E-state index is 11.1. The summed E-state index contributed by atoms with van der Waals surface area (Å²) >= 11 is 0. The van der Waals surface area contributed by atoms with Crippen molar-refractivity contribution in [2.75, 3.05) is 0 Å². The zero-order valence-electron chi connectivity index (χ0n) is 6.74. The van der Waals surface area contributed by atoms with Crippen LogP contribution in [0.2, 0.25) is 0 Å². The number of fused-ring (bicyclic) bond motifs is 1. The zero-order chi connectivity index (χ0) is 9.26. The van der Waals surface area contributed by atoms with Crippen molar-refractivity contribution in [2.45, 2.75) is 6.42 Å². The molecule has 0 saturated carbocycles. The van der Waals surface area contributed by atoms with Crippen LogP contribution in [-0.4, -0.2) is 11.7 Å². The molecule has 1 aliphatic heterocycles. The number of carbonyl (C=O) groups excluding carboxylic acids is 2. The zero-order valence-corrected chi connectivity index (χ0v) is 6.74. The molecule has 1 aromatic rings. The van der Waals surface area contributed by atoms with Crippen LogP contribution in [0.15, 0.2) is 24.3 Å². The average molecular weight is 177 g/mol. The Morgan fingerprint density at radius 3 is 2.85 bits per heavy atom. The fourth-order valence-corrected chi connectivity index (χ4v) is 1.16. The normalized spacial score (nSPS) is 15.4. The van der Waals surface area contributed by atoms with Gasteiger partial charge in [0.25, 0.3) is 0 Å². The lowest BCUT2D eigenvalue weighted by Crippen LogP contribution is -2.31. The van der Waals surface area contributed by atoms with Crippen molar-refractivity contribution in [3.05, 3.63) is 29.8 Å². The minimum atomic E-state index is -0.698. The minimum Gasteiger partial charge on any atom is -0.379 e. The number of nitrogens with one attached hydrogen (secondary N) is 1. The van der Waals surface area contributed by atoms with Crippen LogP contribution in [0.5, 0.6) is 5.75 Å². The maximum Gasteiger partial charge on any atom is 0.320 e. The summed E-state index contributed by atoms with van der Waals surface area (Å²) in [5.74, 6) is -0.650. The summed E-state index contributed by atoms with van der Waals surface area (Å²) in [6.45, 7) is 0. The Morgan fingerprint density at radius 2 is 2.00 bits per heavy atom. The molecule has 13 heavy (non-hydrogen) atoms. The molecule has 0 atom stereocenters. The number of hydrogen-bond donors (Lipinski definition) is 1. The highest BCUT2D eigenvalue weighted by molar-refractivity contribution is 6.36. The van der Waals surface area contributed by atoms with Gasteiger partial charge < -0.3 is 4.84 Å². The molecule has 0 bridgehead atoms. The van der Waals surface area contributed by atoms with E-state index in [2.05, 4.69) is 5.48 Å². The van der Waals surface area contributed by atoms with Crippen molar-refractivity contribution in [3.8, 4) is 5.75 Å². The molecule has 2 rings (SSSR count). The van der Waals surface area contributed by atoms with E-state index in [1.165, 1.54) is 0 Å². The van der Waals surface area contributed by atoms with Gasteiger partial charge in [0.2, 0.25) is 5.78 Å². The van der Waals surface area contributed by atoms with Crippen molar-refractivity contribution >= 4 is 11.7 Å². The number of hydrogen-bond acceptors (Lipinski definition) is 3. The Labute approximate surface area is 74.5 Å². The predicted molar refractivity (Wildman–Crippen MR) is 43.9 cm³/mol. The van der Waals surface area contributed by atoms with Gasteiger partial charge in [0, 0.05) is 12.0 Å². The molecular weight excluding hydrogens is 170 g/mol. The highest BCUT2D eigenvalue weighted by Crippen LogP contribution is 2.19. The van der Waals surface area contributed by atoms with Crippen LogP contribution in [0.25, 0.3) is 0 Å². The van der Waals surface area contributed by atoms with E-state index in [0.29, 0.717) is 5.75 Å². The second-order valence-electron chi connectivity index (χ2n) is 2.74. The summed E-state index contributed by atoms with van der Waals surface area (Å²) in [6.07, 6.45) is 0.0992. The quantitative estimate of drug-likeness (QED) is 0.577. The third kappa shape index (κ3) is 1.38.